The Kier molecular flexibility index (Phi) is 5.05. The number of benzene rings is 1. The molecular weight excluding hydrogens is 464 g/mol. The number of piperazine rings is 1. The fraction of sp³-hybridized carbons (Fsp3) is 0.417. The van der Waals surface area contributed by atoms with E-state index in [1.165, 1.54) is 4.52 Å². The summed E-state index contributed by atoms with van der Waals surface area (Å²) in [5.41, 5.74) is 6.20. The van der Waals surface area contributed by atoms with Crippen molar-refractivity contribution in [2.45, 2.75) is 18.9 Å². The summed E-state index contributed by atoms with van der Waals surface area (Å²) in [4.78, 5) is 18.4. The fourth-order valence-electron chi connectivity index (χ4n) is 5.20. The minimum absolute atomic E-state index is 0.257. The van der Waals surface area contributed by atoms with Crippen LogP contribution in [0.5, 0.6) is 17.2 Å². The molecule has 0 saturated carbocycles. The summed E-state index contributed by atoms with van der Waals surface area (Å²) in [6.07, 6.45) is 3.79. The molecule has 0 radical (unpaired) electrons. The van der Waals surface area contributed by atoms with Crippen LogP contribution in [0.4, 0.5) is 11.9 Å². The number of nitrogen functional groups attached to an aromatic ring is 1. The molecule has 12 nitrogen and oxygen atoms in total. The van der Waals surface area contributed by atoms with Crippen LogP contribution in [0, 0.1) is 5.92 Å². The first-order valence-corrected chi connectivity index (χ1v) is 12.2. The van der Waals surface area contributed by atoms with E-state index in [-0.39, 0.29) is 12.7 Å². The first kappa shape index (κ1) is 21.2. The highest BCUT2D eigenvalue weighted by Gasteiger charge is 2.34. The van der Waals surface area contributed by atoms with Crippen LogP contribution in [0.3, 0.4) is 0 Å². The van der Waals surface area contributed by atoms with E-state index in [4.69, 9.17) is 24.4 Å². The van der Waals surface area contributed by atoms with Crippen LogP contribution in [-0.2, 0) is 0 Å². The molecular formula is C24H26N8O4. The standard InChI is InChI=1S/C24H26N8O4/c25-22-27-23(28-24-26-21(29-32(22)24)19-2-1-9-33-19)31-8-7-30-11-15(3-4-16(30)12-31)13-34-17-5-6-18-20(10-17)36-14-35-18/h1-2,5-6,9-10,15-16H,3-4,7-8,11-14H2,(H2,25,26,27,28,29). The van der Waals surface area contributed by atoms with Crippen molar-refractivity contribution in [3.8, 4) is 28.8 Å². The number of ether oxygens (including phenoxy) is 3. The zero-order valence-corrected chi connectivity index (χ0v) is 19.6. The topological polar surface area (TPSA) is 129 Å². The third-order valence-electron chi connectivity index (χ3n) is 7.08. The fourth-order valence-corrected chi connectivity index (χ4v) is 5.20. The number of aromatic nitrogens is 5. The third kappa shape index (κ3) is 3.83. The van der Waals surface area contributed by atoms with Crippen LogP contribution < -0.4 is 24.8 Å². The summed E-state index contributed by atoms with van der Waals surface area (Å²) in [5, 5.41) is 4.38. The first-order chi connectivity index (χ1) is 17.7. The van der Waals surface area contributed by atoms with Gasteiger partial charge in [-0.2, -0.15) is 19.5 Å². The highest BCUT2D eigenvalue weighted by Crippen LogP contribution is 2.35. The Morgan fingerprint density at radius 3 is 2.89 bits per heavy atom. The maximum absolute atomic E-state index is 6.20. The molecule has 0 bridgehead atoms. The van der Waals surface area contributed by atoms with Gasteiger partial charge in [0.1, 0.15) is 5.75 Å². The highest BCUT2D eigenvalue weighted by molar-refractivity contribution is 5.53. The molecule has 0 spiro atoms. The SMILES string of the molecule is Nc1nc(N2CCN3CC(COc4ccc5c(c4)OCO5)CCC3C2)nc2nc(-c3ccco3)nn12. The van der Waals surface area contributed by atoms with Crippen LogP contribution >= 0.6 is 0 Å². The molecule has 2 N–H and O–H groups in total. The molecule has 2 fully saturated rings. The Morgan fingerprint density at radius 1 is 1.03 bits per heavy atom. The maximum Gasteiger partial charge on any atom is 0.259 e. The van der Waals surface area contributed by atoms with Gasteiger partial charge in [0.2, 0.25) is 24.5 Å². The Balaban J connectivity index is 0.993. The van der Waals surface area contributed by atoms with Gasteiger partial charge >= 0.3 is 0 Å². The number of rotatable bonds is 5. The molecule has 1 aromatic carbocycles. The lowest BCUT2D eigenvalue weighted by Gasteiger charge is -2.46. The Hall–Kier alpha value is -4.06. The average Bonchev–Trinajstić information content (AvgIpc) is 3.67. The predicted molar refractivity (Wildman–Crippen MR) is 129 cm³/mol. The molecule has 3 aliphatic heterocycles. The van der Waals surface area contributed by atoms with Crippen molar-refractivity contribution in [2.24, 2.45) is 5.92 Å². The summed E-state index contributed by atoms with van der Waals surface area (Å²) in [5.74, 6) is 5.08. The molecule has 0 aliphatic carbocycles. The lowest BCUT2D eigenvalue weighted by molar-refractivity contribution is 0.0725. The van der Waals surface area contributed by atoms with Crippen molar-refractivity contribution < 1.29 is 18.6 Å². The van der Waals surface area contributed by atoms with Gasteiger partial charge in [-0.15, -0.1) is 5.10 Å². The smallest absolute Gasteiger partial charge is 0.259 e. The number of fused-ring (bicyclic) bond motifs is 3. The van der Waals surface area contributed by atoms with Crippen molar-refractivity contribution >= 4 is 17.7 Å². The summed E-state index contributed by atoms with van der Waals surface area (Å²) in [6, 6.07) is 9.78. The van der Waals surface area contributed by atoms with E-state index < -0.39 is 0 Å². The third-order valence-corrected chi connectivity index (χ3v) is 7.08. The van der Waals surface area contributed by atoms with Crippen molar-refractivity contribution in [3.05, 3.63) is 36.6 Å². The molecule has 186 valence electrons. The number of furan rings is 1. The van der Waals surface area contributed by atoms with E-state index in [0.29, 0.717) is 41.9 Å². The first-order valence-electron chi connectivity index (χ1n) is 12.2. The van der Waals surface area contributed by atoms with Crippen LogP contribution in [0.15, 0.2) is 41.0 Å². The number of piperidine rings is 1. The number of hydrogen-bond donors (Lipinski definition) is 1. The van der Waals surface area contributed by atoms with E-state index >= 15 is 0 Å². The molecule has 0 amide bonds. The number of hydrogen-bond acceptors (Lipinski definition) is 11. The monoisotopic (exact) mass is 490 g/mol. The largest absolute Gasteiger partial charge is 0.493 e. The van der Waals surface area contributed by atoms with E-state index in [0.717, 1.165) is 56.3 Å². The zero-order valence-electron chi connectivity index (χ0n) is 19.6. The van der Waals surface area contributed by atoms with Crippen LogP contribution in [-0.4, -0.2) is 75.1 Å². The second-order valence-corrected chi connectivity index (χ2v) is 9.37. The van der Waals surface area contributed by atoms with Gasteiger partial charge in [-0.1, -0.05) is 0 Å². The summed E-state index contributed by atoms with van der Waals surface area (Å²) in [7, 11) is 0. The summed E-state index contributed by atoms with van der Waals surface area (Å²) < 4.78 is 23.8. The Bertz CT molecular complexity index is 1390. The maximum atomic E-state index is 6.20. The molecule has 2 saturated heterocycles. The minimum Gasteiger partial charge on any atom is -0.493 e. The van der Waals surface area contributed by atoms with Gasteiger partial charge in [-0.25, -0.2) is 0 Å². The van der Waals surface area contributed by atoms with Crippen LogP contribution in [0.1, 0.15) is 12.8 Å². The highest BCUT2D eigenvalue weighted by atomic mass is 16.7. The van der Waals surface area contributed by atoms with Crippen LogP contribution in [0.2, 0.25) is 0 Å². The van der Waals surface area contributed by atoms with E-state index in [9.17, 15) is 0 Å². The molecule has 2 unspecified atom stereocenters. The summed E-state index contributed by atoms with van der Waals surface area (Å²) >= 11 is 0. The second-order valence-electron chi connectivity index (χ2n) is 9.37. The number of nitrogens with two attached hydrogens (primary N) is 1. The molecule has 6 heterocycles. The van der Waals surface area contributed by atoms with E-state index in [1.807, 2.05) is 18.2 Å². The predicted octanol–water partition coefficient (Wildman–Crippen LogP) is 2.07. The van der Waals surface area contributed by atoms with Gasteiger partial charge in [0.25, 0.3) is 5.78 Å². The normalized spacial score (nSPS) is 21.6. The van der Waals surface area contributed by atoms with Gasteiger partial charge in [0, 0.05) is 44.2 Å². The van der Waals surface area contributed by atoms with Crippen molar-refractivity contribution in [1.29, 1.82) is 0 Å². The quantitative estimate of drug-likeness (QED) is 0.441. The van der Waals surface area contributed by atoms with Crippen molar-refractivity contribution in [3.63, 3.8) is 0 Å². The van der Waals surface area contributed by atoms with Gasteiger partial charge in [-0.05, 0) is 37.1 Å². The van der Waals surface area contributed by atoms with Gasteiger partial charge in [0.15, 0.2) is 17.3 Å². The van der Waals surface area contributed by atoms with Crippen molar-refractivity contribution in [1.82, 2.24) is 29.5 Å². The molecule has 36 heavy (non-hydrogen) atoms. The minimum atomic E-state index is 0.257. The molecule has 3 aromatic heterocycles. The summed E-state index contributed by atoms with van der Waals surface area (Å²) in [6.45, 7) is 4.58. The van der Waals surface area contributed by atoms with Crippen molar-refractivity contribution in [2.75, 3.05) is 50.2 Å². The van der Waals surface area contributed by atoms with E-state index in [2.05, 4.69) is 29.9 Å². The lowest BCUT2D eigenvalue weighted by atomic mass is 9.91. The average molecular weight is 491 g/mol. The van der Waals surface area contributed by atoms with Gasteiger partial charge in [0.05, 0.1) is 12.9 Å². The molecule has 3 aliphatic rings. The number of anilines is 2. The molecule has 4 aromatic rings. The Labute approximate surface area is 206 Å². The lowest BCUT2D eigenvalue weighted by Crippen LogP contribution is -2.57. The van der Waals surface area contributed by atoms with Crippen LogP contribution in [0.25, 0.3) is 17.4 Å². The second kappa shape index (κ2) is 8.55. The number of nitrogens with zero attached hydrogens (tertiary/aromatic N) is 7. The molecule has 7 rings (SSSR count). The molecule has 12 heteroatoms. The van der Waals surface area contributed by atoms with E-state index in [1.54, 1.807) is 18.4 Å². The zero-order chi connectivity index (χ0) is 24.1. The van der Waals surface area contributed by atoms with Gasteiger partial charge < -0.3 is 29.3 Å². The Morgan fingerprint density at radius 2 is 1.97 bits per heavy atom. The van der Waals surface area contributed by atoms with Gasteiger partial charge in [-0.3, -0.25) is 4.90 Å². The molecule has 2 atom stereocenters.